The number of ketones is 1. The predicted molar refractivity (Wildman–Crippen MR) is 135 cm³/mol. The first-order valence-electron chi connectivity index (χ1n) is 13.3. The van der Waals surface area contributed by atoms with Gasteiger partial charge in [-0.1, -0.05) is 34.1 Å². The van der Waals surface area contributed by atoms with Crippen molar-refractivity contribution in [3.05, 3.63) is 11.9 Å². The molecule has 0 aliphatic heterocycles. The molecule has 8 atom stereocenters. The van der Waals surface area contributed by atoms with E-state index in [1.54, 1.807) is 13.1 Å². The lowest BCUT2D eigenvalue weighted by Gasteiger charge is -2.56. The molecule has 0 aromatic rings. The van der Waals surface area contributed by atoms with Crippen molar-refractivity contribution >= 4 is 12.2 Å². The van der Waals surface area contributed by atoms with Gasteiger partial charge in [0.05, 0.1) is 6.54 Å². The van der Waals surface area contributed by atoms with Gasteiger partial charge in [0.1, 0.15) is 0 Å². The van der Waals surface area contributed by atoms with Crippen LogP contribution in [0.25, 0.3) is 0 Å². The summed E-state index contributed by atoms with van der Waals surface area (Å²) in [6.45, 7) is 11.0. The number of allylic oxidation sites excluding steroid dienone is 1. The fourth-order valence-corrected chi connectivity index (χ4v) is 8.21. The molecule has 0 radical (unpaired) electrons. The maximum Gasteiger partial charge on any atom is 0.204 e. The summed E-state index contributed by atoms with van der Waals surface area (Å²) < 4.78 is 0. The summed E-state index contributed by atoms with van der Waals surface area (Å²) in [5.41, 5.74) is 10.7. The standard InChI is InChI=1S/C24H41N3O.C2H6.CH3NO/c1-15-4-6-18-17(12-15)5-7-20-19(18)10-11-24(3)21(20)8-9-22(24)23(28)14-27(26)13-16(2)25;1-2;2-1-3/h13,15,17-22H,4-12,14,25-26H2,1-3H3;1-2H3;1H,(H2,2,3)/b16-13-;;. The van der Waals surface area contributed by atoms with Gasteiger partial charge >= 0.3 is 0 Å². The second kappa shape index (κ2) is 12.2. The molecule has 0 bridgehead atoms. The average Bonchev–Trinajstić information content (AvgIpc) is 3.12. The summed E-state index contributed by atoms with van der Waals surface area (Å²) in [5.74, 6) is 12.0. The molecule has 6 nitrogen and oxygen atoms in total. The highest BCUT2D eigenvalue weighted by molar-refractivity contribution is 5.84. The minimum Gasteiger partial charge on any atom is -0.401 e. The van der Waals surface area contributed by atoms with E-state index in [2.05, 4.69) is 19.6 Å². The predicted octanol–water partition coefficient (Wildman–Crippen LogP) is 4.58. The van der Waals surface area contributed by atoms with Crippen molar-refractivity contribution in [2.45, 2.75) is 92.4 Å². The first-order valence-corrected chi connectivity index (χ1v) is 13.3. The maximum absolute atomic E-state index is 13.1. The van der Waals surface area contributed by atoms with E-state index in [4.69, 9.17) is 16.4 Å². The smallest absolute Gasteiger partial charge is 0.204 e. The van der Waals surface area contributed by atoms with Crippen LogP contribution in [-0.2, 0) is 9.59 Å². The van der Waals surface area contributed by atoms with Crippen molar-refractivity contribution in [2.75, 3.05) is 6.54 Å². The van der Waals surface area contributed by atoms with E-state index < -0.39 is 0 Å². The minimum absolute atomic E-state index is 0.181. The van der Waals surface area contributed by atoms with Crippen molar-refractivity contribution in [2.24, 2.45) is 64.2 Å². The Hall–Kier alpha value is -1.56. The molecule has 4 aliphatic carbocycles. The highest BCUT2D eigenvalue weighted by atomic mass is 16.1. The molecule has 1 amide bonds. The first-order chi connectivity index (χ1) is 15.7. The fourth-order valence-electron chi connectivity index (χ4n) is 8.21. The molecular formula is C27H50N4O2. The molecule has 8 unspecified atom stereocenters. The molecule has 0 saturated heterocycles. The van der Waals surface area contributed by atoms with E-state index >= 15 is 0 Å². The Balaban J connectivity index is 0.000000714. The summed E-state index contributed by atoms with van der Waals surface area (Å²) in [7, 11) is 0. The number of primary amides is 1. The van der Waals surface area contributed by atoms with Crippen molar-refractivity contribution in [1.29, 1.82) is 0 Å². The highest BCUT2D eigenvalue weighted by Crippen LogP contribution is 2.64. The molecule has 0 aromatic carbocycles. The number of Topliss-reactive ketones (excluding diaryl/α,β-unsaturated/α-hetero) is 1. The van der Waals surface area contributed by atoms with E-state index in [9.17, 15) is 4.79 Å². The summed E-state index contributed by atoms with van der Waals surface area (Å²) in [5, 5.41) is 1.48. The molecule has 6 heteroatoms. The third-order valence-electron chi connectivity index (χ3n) is 9.31. The number of nitrogens with zero attached hydrogens (tertiary/aromatic N) is 1. The van der Waals surface area contributed by atoms with E-state index in [1.165, 1.54) is 56.4 Å². The van der Waals surface area contributed by atoms with Crippen LogP contribution in [0.1, 0.15) is 92.4 Å². The Morgan fingerprint density at radius 3 is 2.30 bits per heavy atom. The first kappa shape index (κ1) is 27.7. The number of nitrogens with two attached hydrogens (primary N) is 3. The Morgan fingerprint density at radius 1 is 1.03 bits per heavy atom. The van der Waals surface area contributed by atoms with Crippen LogP contribution >= 0.6 is 0 Å². The van der Waals surface area contributed by atoms with Gasteiger partial charge in [-0.2, -0.15) is 0 Å². The van der Waals surface area contributed by atoms with Crippen LogP contribution in [0.5, 0.6) is 0 Å². The van der Waals surface area contributed by atoms with Gasteiger partial charge in [-0.05, 0) is 99.2 Å². The van der Waals surface area contributed by atoms with Crippen molar-refractivity contribution in [1.82, 2.24) is 5.01 Å². The highest BCUT2D eigenvalue weighted by Gasteiger charge is 2.58. The van der Waals surface area contributed by atoms with E-state index in [1.807, 2.05) is 13.8 Å². The van der Waals surface area contributed by atoms with Crippen LogP contribution in [0.4, 0.5) is 0 Å². The number of carbonyl (C=O) groups is 2. The monoisotopic (exact) mass is 462 g/mol. The second-order valence-electron chi connectivity index (χ2n) is 11.2. The molecule has 4 saturated carbocycles. The molecule has 0 heterocycles. The SMILES string of the molecule is C/C(N)=C/N(N)CC(=O)C1CCC2C3CCC4CC(C)CCC4C3CCC12C.CC.NC=O. The third kappa shape index (κ3) is 6.12. The van der Waals surface area contributed by atoms with Crippen molar-refractivity contribution in [3.8, 4) is 0 Å². The molecule has 190 valence electrons. The number of rotatable bonds is 4. The molecule has 6 N–H and O–H groups in total. The maximum atomic E-state index is 13.1. The van der Waals surface area contributed by atoms with Gasteiger partial charge in [-0.3, -0.25) is 9.59 Å². The van der Waals surface area contributed by atoms with Gasteiger partial charge in [0, 0.05) is 17.8 Å². The van der Waals surface area contributed by atoms with Gasteiger partial charge in [-0.25, -0.2) is 5.84 Å². The Labute approximate surface area is 202 Å². The van der Waals surface area contributed by atoms with E-state index in [0.29, 0.717) is 11.5 Å². The van der Waals surface area contributed by atoms with Crippen molar-refractivity contribution in [3.63, 3.8) is 0 Å². The Morgan fingerprint density at radius 2 is 1.67 bits per heavy atom. The third-order valence-corrected chi connectivity index (χ3v) is 9.31. The zero-order valence-electron chi connectivity index (χ0n) is 21.8. The number of hydrogen-bond acceptors (Lipinski definition) is 5. The second-order valence-corrected chi connectivity index (χ2v) is 11.2. The van der Waals surface area contributed by atoms with Crippen molar-refractivity contribution < 1.29 is 9.59 Å². The van der Waals surface area contributed by atoms with Crippen LogP contribution in [0.3, 0.4) is 0 Å². The molecule has 4 aliphatic rings. The lowest BCUT2D eigenvalue weighted by molar-refractivity contribution is -0.131. The molecule has 33 heavy (non-hydrogen) atoms. The zero-order valence-corrected chi connectivity index (χ0v) is 21.8. The normalized spacial score (nSPS) is 39.3. The van der Waals surface area contributed by atoms with Gasteiger partial charge in [0.2, 0.25) is 6.41 Å². The number of hydrogen-bond donors (Lipinski definition) is 3. The van der Waals surface area contributed by atoms with Gasteiger partial charge in [0.15, 0.2) is 5.78 Å². The lowest BCUT2D eigenvalue weighted by Crippen LogP contribution is -2.50. The summed E-state index contributed by atoms with van der Waals surface area (Å²) in [6, 6.07) is 0. The zero-order chi connectivity index (χ0) is 24.8. The molecule has 0 spiro atoms. The summed E-state index contributed by atoms with van der Waals surface area (Å²) in [4.78, 5) is 21.7. The number of carbonyl (C=O) groups excluding carboxylic acids is 2. The van der Waals surface area contributed by atoms with E-state index in [0.717, 1.165) is 41.9 Å². The summed E-state index contributed by atoms with van der Waals surface area (Å²) in [6.07, 6.45) is 14.1. The summed E-state index contributed by atoms with van der Waals surface area (Å²) >= 11 is 0. The minimum atomic E-state index is 0.181. The number of amides is 1. The van der Waals surface area contributed by atoms with Gasteiger partial charge < -0.3 is 16.5 Å². The molecule has 4 fully saturated rings. The van der Waals surface area contributed by atoms with Gasteiger partial charge in [0.25, 0.3) is 0 Å². The molecular weight excluding hydrogens is 412 g/mol. The number of hydrazine groups is 1. The Kier molecular flexibility index (Phi) is 10.3. The largest absolute Gasteiger partial charge is 0.401 e. The quantitative estimate of drug-likeness (QED) is 0.321. The van der Waals surface area contributed by atoms with E-state index in [-0.39, 0.29) is 24.3 Å². The van der Waals surface area contributed by atoms with Crippen LogP contribution < -0.4 is 17.3 Å². The topological polar surface area (TPSA) is 115 Å². The molecule has 4 rings (SSSR count). The van der Waals surface area contributed by atoms with Crippen LogP contribution in [0.2, 0.25) is 0 Å². The average molecular weight is 463 g/mol. The van der Waals surface area contributed by atoms with Crippen LogP contribution in [-0.4, -0.2) is 23.7 Å². The lowest BCUT2D eigenvalue weighted by atomic mass is 9.49. The van der Waals surface area contributed by atoms with Crippen LogP contribution in [0, 0.1) is 46.8 Å². The molecule has 0 aromatic heterocycles. The number of fused-ring (bicyclic) bond motifs is 5. The van der Waals surface area contributed by atoms with Gasteiger partial charge in [-0.15, -0.1) is 0 Å². The fraction of sp³-hybridized carbons (Fsp3) is 0.852. The Bertz CT molecular complexity index is 677. The van der Waals surface area contributed by atoms with Crippen LogP contribution in [0.15, 0.2) is 11.9 Å².